The predicted octanol–water partition coefficient (Wildman–Crippen LogP) is 3.28. The number of ether oxygens (including phenoxy) is 4. The van der Waals surface area contributed by atoms with E-state index in [0.717, 1.165) is 47.0 Å². The molecule has 0 aliphatic carbocycles. The molecule has 2 heterocycles. The van der Waals surface area contributed by atoms with Crippen molar-refractivity contribution in [1.82, 2.24) is 0 Å². The van der Waals surface area contributed by atoms with Crippen molar-refractivity contribution in [1.29, 1.82) is 0 Å². The highest BCUT2D eigenvalue weighted by atomic mass is 16.7. The third-order valence-corrected chi connectivity index (χ3v) is 4.20. The number of rotatable bonds is 6. The number of hydrogen-bond donors (Lipinski definition) is 0. The van der Waals surface area contributed by atoms with E-state index >= 15 is 0 Å². The molecule has 2 aromatic rings. The van der Waals surface area contributed by atoms with E-state index in [4.69, 9.17) is 18.9 Å². The van der Waals surface area contributed by atoms with Gasteiger partial charge in [0, 0.05) is 12.8 Å². The zero-order chi connectivity index (χ0) is 16.4. The lowest BCUT2D eigenvalue weighted by Crippen LogP contribution is -2.03. The van der Waals surface area contributed by atoms with E-state index in [1.165, 1.54) is 0 Å². The fourth-order valence-electron chi connectivity index (χ4n) is 2.95. The molecule has 2 aliphatic heterocycles. The summed E-state index contributed by atoms with van der Waals surface area (Å²) < 4.78 is 21.3. The number of carbonyl (C=O) groups excluding carboxylic acids is 1. The average molecular weight is 326 g/mol. The lowest BCUT2D eigenvalue weighted by Gasteiger charge is -2.05. The summed E-state index contributed by atoms with van der Waals surface area (Å²) in [5.74, 6) is 3.28. The predicted molar refractivity (Wildman–Crippen MR) is 86.8 cm³/mol. The second-order valence-corrected chi connectivity index (χ2v) is 5.94. The molecule has 0 fully saturated rings. The molecular weight excluding hydrogens is 308 g/mol. The van der Waals surface area contributed by atoms with Crippen molar-refractivity contribution >= 4 is 5.78 Å². The van der Waals surface area contributed by atoms with Crippen LogP contribution in [-0.2, 0) is 17.6 Å². The maximum absolute atomic E-state index is 12.2. The maximum Gasteiger partial charge on any atom is 0.231 e. The van der Waals surface area contributed by atoms with Crippen molar-refractivity contribution in [3.63, 3.8) is 0 Å². The highest BCUT2D eigenvalue weighted by Crippen LogP contribution is 2.33. The summed E-state index contributed by atoms with van der Waals surface area (Å²) in [6.07, 6.45) is 2.66. The first-order chi connectivity index (χ1) is 11.8. The van der Waals surface area contributed by atoms with Crippen LogP contribution in [0.3, 0.4) is 0 Å². The third-order valence-electron chi connectivity index (χ3n) is 4.20. The van der Waals surface area contributed by atoms with Crippen LogP contribution in [0.1, 0.15) is 24.0 Å². The molecule has 124 valence electrons. The van der Waals surface area contributed by atoms with Crippen molar-refractivity contribution in [2.24, 2.45) is 0 Å². The number of benzene rings is 2. The van der Waals surface area contributed by atoms with Crippen LogP contribution in [0, 0.1) is 0 Å². The second-order valence-electron chi connectivity index (χ2n) is 5.94. The highest BCUT2D eigenvalue weighted by molar-refractivity contribution is 5.81. The molecule has 0 saturated heterocycles. The lowest BCUT2D eigenvalue weighted by molar-refractivity contribution is -0.118. The molecule has 5 heteroatoms. The third kappa shape index (κ3) is 3.15. The molecule has 0 atom stereocenters. The van der Waals surface area contributed by atoms with Gasteiger partial charge in [0.15, 0.2) is 23.0 Å². The van der Waals surface area contributed by atoms with Crippen molar-refractivity contribution in [2.45, 2.75) is 25.7 Å². The Hall–Kier alpha value is -2.69. The Morgan fingerprint density at radius 2 is 1.38 bits per heavy atom. The van der Waals surface area contributed by atoms with Crippen LogP contribution in [0.2, 0.25) is 0 Å². The molecule has 2 aliphatic rings. The van der Waals surface area contributed by atoms with E-state index in [2.05, 4.69) is 0 Å². The minimum atomic E-state index is 0.231. The van der Waals surface area contributed by atoms with E-state index in [9.17, 15) is 4.79 Å². The monoisotopic (exact) mass is 326 g/mol. The standard InChI is InChI=1S/C19H18O5/c20-15(8-14-5-7-17-19(10-14)24-12-22-17)3-1-2-13-4-6-16-18(9-13)23-11-21-16/h4-7,9-10H,1-3,8,11-12H2. The van der Waals surface area contributed by atoms with Crippen LogP contribution in [-0.4, -0.2) is 19.4 Å². The largest absolute Gasteiger partial charge is 0.454 e. The van der Waals surface area contributed by atoms with E-state index in [-0.39, 0.29) is 19.4 Å². The number of ketones is 1. The Morgan fingerprint density at radius 3 is 2.08 bits per heavy atom. The molecule has 24 heavy (non-hydrogen) atoms. The molecule has 0 aromatic heterocycles. The lowest BCUT2D eigenvalue weighted by atomic mass is 10.0. The molecular formula is C19H18O5. The number of fused-ring (bicyclic) bond motifs is 2. The van der Waals surface area contributed by atoms with Crippen molar-refractivity contribution in [2.75, 3.05) is 13.6 Å². The van der Waals surface area contributed by atoms with E-state index in [0.29, 0.717) is 12.8 Å². The van der Waals surface area contributed by atoms with Gasteiger partial charge in [0.25, 0.3) is 0 Å². The van der Waals surface area contributed by atoms with Crippen LogP contribution in [0.15, 0.2) is 36.4 Å². The molecule has 0 amide bonds. The van der Waals surface area contributed by atoms with Gasteiger partial charge in [-0.1, -0.05) is 12.1 Å². The number of carbonyl (C=O) groups is 1. The van der Waals surface area contributed by atoms with E-state index in [1.54, 1.807) is 0 Å². The summed E-state index contributed by atoms with van der Waals surface area (Å²) in [4.78, 5) is 12.2. The topological polar surface area (TPSA) is 54.0 Å². The van der Waals surface area contributed by atoms with Crippen LogP contribution in [0.25, 0.3) is 0 Å². The Bertz CT molecular complexity index is 768. The normalized spacial score (nSPS) is 14.0. The van der Waals surface area contributed by atoms with Gasteiger partial charge in [-0.3, -0.25) is 4.79 Å². The maximum atomic E-state index is 12.2. The van der Waals surface area contributed by atoms with Crippen molar-refractivity contribution in [3.8, 4) is 23.0 Å². The average Bonchev–Trinajstić information content (AvgIpc) is 3.22. The first kappa shape index (κ1) is 14.9. The van der Waals surface area contributed by atoms with Gasteiger partial charge in [0.1, 0.15) is 5.78 Å². The van der Waals surface area contributed by atoms with Crippen molar-refractivity contribution < 1.29 is 23.7 Å². The zero-order valence-electron chi connectivity index (χ0n) is 13.2. The van der Waals surface area contributed by atoms with E-state index < -0.39 is 0 Å². The number of hydrogen-bond acceptors (Lipinski definition) is 5. The molecule has 5 nitrogen and oxygen atoms in total. The Morgan fingerprint density at radius 1 is 0.792 bits per heavy atom. The molecule has 0 radical (unpaired) electrons. The summed E-state index contributed by atoms with van der Waals surface area (Å²) in [5.41, 5.74) is 2.13. The Balaban J connectivity index is 1.27. The molecule has 0 saturated carbocycles. The van der Waals surface area contributed by atoms with Crippen LogP contribution in [0.4, 0.5) is 0 Å². The van der Waals surface area contributed by atoms with Gasteiger partial charge in [-0.25, -0.2) is 0 Å². The van der Waals surface area contributed by atoms with Gasteiger partial charge in [0.05, 0.1) is 0 Å². The summed E-state index contributed by atoms with van der Waals surface area (Å²) in [6.45, 7) is 0.537. The van der Waals surface area contributed by atoms with Crippen molar-refractivity contribution in [3.05, 3.63) is 47.5 Å². The SMILES string of the molecule is O=C(CCCc1ccc2c(c1)OCO2)Cc1ccc2c(c1)OCO2. The van der Waals surface area contributed by atoms with Gasteiger partial charge in [0.2, 0.25) is 13.6 Å². The van der Waals surface area contributed by atoms with Gasteiger partial charge < -0.3 is 18.9 Å². The summed E-state index contributed by atoms with van der Waals surface area (Å²) >= 11 is 0. The first-order valence-electron chi connectivity index (χ1n) is 8.07. The van der Waals surface area contributed by atoms with Crippen LogP contribution >= 0.6 is 0 Å². The minimum Gasteiger partial charge on any atom is -0.454 e. The fraction of sp³-hybridized carbons (Fsp3) is 0.316. The van der Waals surface area contributed by atoms with Gasteiger partial charge in [-0.15, -0.1) is 0 Å². The van der Waals surface area contributed by atoms with Gasteiger partial charge in [-0.05, 0) is 48.2 Å². The summed E-state index contributed by atoms with van der Waals surface area (Å²) in [6, 6.07) is 11.6. The smallest absolute Gasteiger partial charge is 0.231 e. The minimum absolute atomic E-state index is 0.231. The molecule has 2 aromatic carbocycles. The highest BCUT2D eigenvalue weighted by Gasteiger charge is 2.15. The molecule has 0 bridgehead atoms. The Labute approximate surface area is 140 Å². The van der Waals surface area contributed by atoms with Gasteiger partial charge in [-0.2, -0.15) is 0 Å². The second kappa shape index (κ2) is 6.43. The van der Waals surface area contributed by atoms with Crippen LogP contribution in [0.5, 0.6) is 23.0 Å². The van der Waals surface area contributed by atoms with Gasteiger partial charge >= 0.3 is 0 Å². The number of Topliss-reactive ketones (excluding diaryl/α,β-unsaturated/α-hetero) is 1. The summed E-state index contributed by atoms with van der Waals surface area (Å²) in [7, 11) is 0. The molecule has 4 rings (SSSR count). The van der Waals surface area contributed by atoms with E-state index in [1.807, 2.05) is 36.4 Å². The fourth-order valence-corrected chi connectivity index (χ4v) is 2.95. The quantitative estimate of drug-likeness (QED) is 0.815. The zero-order valence-corrected chi connectivity index (χ0v) is 13.2. The molecule has 0 spiro atoms. The summed E-state index contributed by atoms with van der Waals surface area (Å²) in [5, 5.41) is 0. The Kier molecular flexibility index (Phi) is 3.99. The first-order valence-corrected chi connectivity index (χ1v) is 8.07. The molecule has 0 unspecified atom stereocenters. The van der Waals surface area contributed by atoms with Crippen LogP contribution < -0.4 is 18.9 Å². The number of aryl methyl sites for hydroxylation is 1. The molecule has 0 N–H and O–H groups in total.